The molecule has 9 nitrogen and oxygen atoms in total. The van der Waals surface area contributed by atoms with Crippen LogP contribution >= 0.6 is 0 Å². The van der Waals surface area contributed by atoms with Crippen molar-refractivity contribution >= 4 is 15.9 Å². The van der Waals surface area contributed by atoms with Gasteiger partial charge in [-0.2, -0.15) is 13.2 Å². The molecule has 0 unspecified atom stereocenters. The molecule has 2 aromatic carbocycles. The van der Waals surface area contributed by atoms with E-state index in [2.05, 4.69) is 59.9 Å². The van der Waals surface area contributed by atoms with E-state index >= 15 is 0 Å². The monoisotopic (exact) mass is 602 g/mol. The van der Waals surface area contributed by atoms with E-state index in [-0.39, 0.29) is 18.0 Å². The van der Waals surface area contributed by atoms with Crippen LogP contribution in [0.1, 0.15) is 67.6 Å². The molecule has 0 saturated carbocycles. The van der Waals surface area contributed by atoms with Crippen LogP contribution in [0.5, 0.6) is 0 Å². The Labute approximate surface area is 242 Å². The zero-order valence-corrected chi connectivity index (χ0v) is 24.3. The number of nitrogens with zero attached hydrogens (tertiary/aromatic N) is 4. The summed E-state index contributed by atoms with van der Waals surface area (Å²) in [6.07, 6.45) is 1.90. The predicted octanol–water partition coefficient (Wildman–Crippen LogP) is 4.31. The van der Waals surface area contributed by atoms with Gasteiger partial charge < -0.3 is 10.6 Å². The second kappa shape index (κ2) is 11.2. The summed E-state index contributed by atoms with van der Waals surface area (Å²) >= 11 is 0. The molecule has 1 aliphatic carbocycles. The van der Waals surface area contributed by atoms with Crippen LogP contribution in [0.25, 0.3) is 0 Å². The van der Waals surface area contributed by atoms with Crippen LogP contribution in [0.3, 0.4) is 0 Å². The van der Waals surface area contributed by atoms with E-state index in [1.165, 1.54) is 11.1 Å². The van der Waals surface area contributed by atoms with Crippen molar-refractivity contribution in [2.45, 2.75) is 81.7 Å². The van der Waals surface area contributed by atoms with Crippen LogP contribution in [0.15, 0.2) is 66.0 Å². The quantitative estimate of drug-likeness (QED) is 0.417. The maximum atomic E-state index is 13.4. The fourth-order valence-electron chi connectivity index (χ4n) is 5.24. The number of hydrogen-bond acceptors (Lipinski definition) is 6. The highest BCUT2D eigenvalue weighted by molar-refractivity contribution is 7.89. The standard InChI is InChI=1S/C29H33F3N6O3S/c1-28(2,3)34-17-19-10-11-24-20(14-19)6-4-9-25(24)37-18-22(35-36-37)16-26-27(39)33-12-13-38(26)42(40,41)23-8-5-7-21(15-23)29(30,31)32/h5,7-8,10-15,18,25-26,34H,4,6,9,16-17H2,1-3H3,(H,33,39)/t25-,26+/m0/s1. The van der Waals surface area contributed by atoms with Crippen molar-refractivity contribution in [3.63, 3.8) is 0 Å². The summed E-state index contributed by atoms with van der Waals surface area (Å²) in [5, 5.41) is 14.5. The summed E-state index contributed by atoms with van der Waals surface area (Å²) in [4.78, 5) is 12.3. The number of aromatic nitrogens is 3. The van der Waals surface area contributed by atoms with Crippen molar-refractivity contribution in [2.24, 2.45) is 0 Å². The molecule has 13 heteroatoms. The predicted molar refractivity (Wildman–Crippen MR) is 149 cm³/mol. The molecule has 1 amide bonds. The molecule has 1 aromatic heterocycles. The molecule has 2 atom stereocenters. The topological polar surface area (TPSA) is 109 Å². The average molecular weight is 603 g/mol. The van der Waals surface area contributed by atoms with Crippen molar-refractivity contribution in [1.29, 1.82) is 0 Å². The molecule has 42 heavy (non-hydrogen) atoms. The maximum absolute atomic E-state index is 13.4. The number of aryl methyl sites for hydroxylation is 1. The number of carbonyl (C=O) groups excluding carboxylic acids is 1. The minimum absolute atomic E-state index is 0.00259. The molecular weight excluding hydrogens is 569 g/mol. The summed E-state index contributed by atoms with van der Waals surface area (Å²) < 4.78 is 69.1. The highest BCUT2D eigenvalue weighted by Gasteiger charge is 2.38. The number of hydrogen-bond donors (Lipinski definition) is 2. The van der Waals surface area contributed by atoms with E-state index in [0.717, 1.165) is 66.3 Å². The van der Waals surface area contributed by atoms with E-state index < -0.39 is 38.6 Å². The second-order valence-electron chi connectivity index (χ2n) is 11.6. The molecule has 2 N–H and O–H groups in total. The molecule has 0 radical (unpaired) electrons. The Balaban J connectivity index is 1.37. The van der Waals surface area contributed by atoms with Gasteiger partial charge in [0.1, 0.15) is 6.04 Å². The van der Waals surface area contributed by atoms with E-state index in [9.17, 15) is 26.4 Å². The van der Waals surface area contributed by atoms with Gasteiger partial charge in [-0.15, -0.1) is 5.10 Å². The molecule has 0 bridgehead atoms. The molecule has 0 fully saturated rings. The Morgan fingerprint density at radius 3 is 2.64 bits per heavy atom. The maximum Gasteiger partial charge on any atom is 0.416 e. The molecule has 2 heterocycles. The largest absolute Gasteiger partial charge is 0.416 e. The van der Waals surface area contributed by atoms with E-state index in [1.54, 1.807) is 10.9 Å². The van der Waals surface area contributed by atoms with Gasteiger partial charge in [-0.25, -0.2) is 13.1 Å². The van der Waals surface area contributed by atoms with Gasteiger partial charge in [-0.1, -0.05) is 29.5 Å². The number of benzene rings is 2. The molecule has 0 saturated heterocycles. The van der Waals surface area contributed by atoms with Crippen molar-refractivity contribution < 1.29 is 26.4 Å². The zero-order valence-electron chi connectivity index (χ0n) is 23.5. The summed E-state index contributed by atoms with van der Waals surface area (Å²) in [5.74, 6) is -0.623. The highest BCUT2D eigenvalue weighted by atomic mass is 32.2. The van der Waals surface area contributed by atoms with Crippen LogP contribution in [-0.2, 0) is 40.4 Å². The first kappa shape index (κ1) is 29.8. The lowest BCUT2D eigenvalue weighted by Gasteiger charge is -2.31. The first-order valence-corrected chi connectivity index (χ1v) is 15.1. The van der Waals surface area contributed by atoms with E-state index in [1.807, 2.05) is 0 Å². The Morgan fingerprint density at radius 1 is 1.12 bits per heavy atom. The third-order valence-electron chi connectivity index (χ3n) is 7.39. The van der Waals surface area contributed by atoms with Crippen LogP contribution in [0, 0.1) is 0 Å². The number of rotatable bonds is 7. The SMILES string of the molecule is CC(C)(C)NCc1ccc2c(c1)CCC[C@@H]2n1cc(C[C@@H]2C(=O)NC=CN2S(=O)(=O)c2cccc(C(F)(F)F)c2)nn1. The molecule has 3 aromatic rings. The highest BCUT2D eigenvalue weighted by Crippen LogP contribution is 2.34. The van der Waals surface area contributed by atoms with Gasteiger partial charge in [0.25, 0.3) is 10.0 Å². The molecular formula is C29H33F3N6O3S. The number of nitrogens with one attached hydrogen (secondary N) is 2. The second-order valence-corrected chi connectivity index (χ2v) is 13.5. The molecule has 224 valence electrons. The minimum Gasteiger partial charge on any atom is -0.329 e. The lowest BCUT2D eigenvalue weighted by molar-refractivity contribution is -0.137. The minimum atomic E-state index is -4.72. The van der Waals surface area contributed by atoms with Crippen LogP contribution in [0.4, 0.5) is 13.2 Å². The third kappa shape index (κ3) is 6.36. The average Bonchev–Trinajstić information content (AvgIpc) is 3.40. The Hall–Kier alpha value is -3.71. The van der Waals surface area contributed by atoms with Crippen molar-refractivity contribution in [1.82, 2.24) is 29.9 Å². The van der Waals surface area contributed by atoms with E-state index in [0.29, 0.717) is 11.8 Å². The molecule has 5 rings (SSSR count). The number of carbonyl (C=O) groups is 1. The molecule has 1 aliphatic heterocycles. The van der Waals surface area contributed by atoms with Crippen molar-refractivity contribution in [3.05, 3.63) is 89.0 Å². The van der Waals surface area contributed by atoms with Crippen molar-refractivity contribution in [2.75, 3.05) is 0 Å². The van der Waals surface area contributed by atoms with Gasteiger partial charge in [0.15, 0.2) is 0 Å². The van der Waals surface area contributed by atoms with Gasteiger partial charge >= 0.3 is 6.18 Å². The Morgan fingerprint density at radius 2 is 1.90 bits per heavy atom. The van der Waals surface area contributed by atoms with Crippen LogP contribution < -0.4 is 10.6 Å². The Kier molecular flexibility index (Phi) is 7.92. The third-order valence-corrected chi connectivity index (χ3v) is 9.17. The van der Waals surface area contributed by atoms with Gasteiger partial charge in [0, 0.05) is 37.1 Å². The first-order valence-electron chi connectivity index (χ1n) is 13.7. The fourth-order valence-corrected chi connectivity index (χ4v) is 6.74. The Bertz CT molecular complexity index is 1610. The fraction of sp³-hybridized carbons (Fsp3) is 0.414. The lowest BCUT2D eigenvalue weighted by atomic mass is 9.86. The lowest BCUT2D eigenvalue weighted by Crippen LogP contribution is -2.50. The van der Waals surface area contributed by atoms with Gasteiger partial charge in [-0.3, -0.25) is 9.10 Å². The van der Waals surface area contributed by atoms with Gasteiger partial charge in [0.2, 0.25) is 5.91 Å². The summed E-state index contributed by atoms with van der Waals surface area (Å²) in [6.45, 7) is 7.12. The first-order chi connectivity index (χ1) is 19.7. The number of sulfonamides is 1. The molecule has 2 aliphatic rings. The normalized spacial score (nSPS) is 19.5. The van der Waals surface area contributed by atoms with Crippen LogP contribution in [0.2, 0.25) is 0 Å². The number of amides is 1. The van der Waals surface area contributed by atoms with Gasteiger partial charge in [0.05, 0.1) is 22.2 Å². The summed E-state index contributed by atoms with van der Waals surface area (Å²) in [6, 6.07) is 8.55. The number of halogens is 3. The summed E-state index contributed by atoms with van der Waals surface area (Å²) in [5.41, 5.74) is 2.87. The summed E-state index contributed by atoms with van der Waals surface area (Å²) in [7, 11) is -4.49. The number of alkyl halides is 3. The molecule has 0 spiro atoms. The van der Waals surface area contributed by atoms with Crippen molar-refractivity contribution in [3.8, 4) is 0 Å². The number of fused-ring (bicyclic) bond motifs is 1. The van der Waals surface area contributed by atoms with Gasteiger partial charge in [-0.05, 0) is 74.9 Å². The van der Waals surface area contributed by atoms with Crippen LogP contribution in [-0.4, -0.2) is 45.2 Å². The van der Waals surface area contributed by atoms with E-state index in [4.69, 9.17) is 0 Å². The zero-order chi connectivity index (χ0) is 30.3. The smallest absolute Gasteiger partial charge is 0.329 e.